The van der Waals surface area contributed by atoms with Crippen molar-refractivity contribution in [3.05, 3.63) is 0 Å². The molecule has 1 N–H and O–H groups in total. The average molecular weight is 290 g/mol. The molecule has 0 aromatic heterocycles. The summed E-state index contributed by atoms with van der Waals surface area (Å²) in [6, 6.07) is 1.28. The lowest BCUT2D eigenvalue weighted by Crippen LogP contribution is -2.61. The third-order valence-corrected chi connectivity index (χ3v) is 6.41. The zero-order chi connectivity index (χ0) is 14.4. The largest absolute Gasteiger partial charge is 0.363 e. The van der Waals surface area contributed by atoms with E-state index >= 15 is 0 Å². The summed E-state index contributed by atoms with van der Waals surface area (Å²) in [5.74, 6) is 2.91. The lowest BCUT2D eigenvalue weighted by molar-refractivity contribution is 0.0677. The summed E-state index contributed by atoms with van der Waals surface area (Å²) in [5, 5.41) is 3.98. The number of nitrogens with zero attached hydrogens (tertiary/aromatic N) is 3. The molecule has 4 rings (SSSR count). The van der Waals surface area contributed by atoms with Crippen LogP contribution in [0.5, 0.6) is 0 Å². The van der Waals surface area contributed by atoms with Crippen LogP contribution >= 0.6 is 0 Å². The number of amidine groups is 1. The lowest BCUT2D eigenvalue weighted by Gasteiger charge is -2.48. The van der Waals surface area contributed by atoms with E-state index in [1.807, 2.05) is 0 Å². The van der Waals surface area contributed by atoms with Gasteiger partial charge in [0.25, 0.3) is 0 Å². The Morgan fingerprint density at radius 1 is 1.00 bits per heavy atom. The summed E-state index contributed by atoms with van der Waals surface area (Å²) in [5.41, 5.74) is 0. The monoisotopic (exact) mass is 290 g/mol. The van der Waals surface area contributed by atoms with Crippen LogP contribution < -0.4 is 5.32 Å². The van der Waals surface area contributed by atoms with Gasteiger partial charge in [-0.15, -0.1) is 0 Å². The second kappa shape index (κ2) is 5.54. The molecule has 4 aliphatic rings. The van der Waals surface area contributed by atoms with Gasteiger partial charge in [-0.25, -0.2) is 0 Å². The molecule has 0 aromatic carbocycles. The summed E-state index contributed by atoms with van der Waals surface area (Å²) in [7, 11) is 4.51. The Balaban J connectivity index is 1.63. The van der Waals surface area contributed by atoms with Gasteiger partial charge in [0.2, 0.25) is 0 Å². The molecule has 3 heterocycles. The maximum atomic E-state index is 5.35. The third kappa shape index (κ3) is 2.40. The van der Waals surface area contributed by atoms with Gasteiger partial charge >= 0.3 is 0 Å². The molecular formula is C17H30N4. The zero-order valence-electron chi connectivity index (χ0n) is 13.6. The van der Waals surface area contributed by atoms with Crippen molar-refractivity contribution in [2.45, 2.75) is 63.2 Å². The van der Waals surface area contributed by atoms with E-state index in [0.717, 1.165) is 11.8 Å². The molecule has 1 aliphatic carbocycles. The van der Waals surface area contributed by atoms with E-state index in [2.05, 4.69) is 29.2 Å². The van der Waals surface area contributed by atoms with Gasteiger partial charge < -0.3 is 4.90 Å². The van der Waals surface area contributed by atoms with Crippen molar-refractivity contribution in [1.82, 2.24) is 15.1 Å². The van der Waals surface area contributed by atoms with Crippen molar-refractivity contribution in [1.29, 1.82) is 0 Å². The van der Waals surface area contributed by atoms with Crippen molar-refractivity contribution in [2.24, 2.45) is 16.8 Å². The second-order valence-electron chi connectivity index (χ2n) is 7.66. The number of nitrogens with one attached hydrogen (secondary N) is 1. The number of hydrogen-bond acceptors (Lipinski definition) is 3. The van der Waals surface area contributed by atoms with E-state index < -0.39 is 0 Å². The minimum absolute atomic E-state index is 0.571. The maximum absolute atomic E-state index is 5.35. The van der Waals surface area contributed by atoms with Gasteiger partial charge in [0, 0.05) is 32.0 Å². The number of piperidine rings is 1. The van der Waals surface area contributed by atoms with Gasteiger partial charge in [-0.05, 0) is 45.2 Å². The van der Waals surface area contributed by atoms with Crippen LogP contribution in [0.1, 0.15) is 44.9 Å². The smallest absolute Gasteiger partial charge is 0.0990 e. The minimum Gasteiger partial charge on any atom is -0.363 e. The van der Waals surface area contributed by atoms with Crippen LogP contribution in [0, 0.1) is 11.8 Å². The van der Waals surface area contributed by atoms with Crippen molar-refractivity contribution in [2.75, 3.05) is 27.2 Å². The van der Waals surface area contributed by atoms with Gasteiger partial charge in [-0.2, -0.15) is 0 Å². The van der Waals surface area contributed by atoms with Crippen LogP contribution in [-0.4, -0.2) is 61.1 Å². The second-order valence-corrected chi connectivity index (χ2v) is 7.66. The average Bonchev–Trinajstić information content (AvgIpc) is 3.06. The molecule has 0 aromatic rings. The van der Waals surface area contributed by atoms with Crippen molar-refractivity contribution in [3.63, 3.8) is 0 Å². The highest BCUT2D eigenvalue weighted by molar-refractivity contribution is 5.84. The SMILES string of the molecule is CN1CCCC1=NC1C2CCCCC2NC2C1CCN2C. The summed E-state index contributed by atoms with van der Waals surface area (Å²) in [6.45, 7) is 2.44. The standard InChI is InChI=1S/C17H30N4/c1-20-10-5-8-15(20)19-16-12-6-3-4-7-14(12)18-17-13(16)9-11-21(17)2/h12-14,16-18H,3-11H2,1-2H3. The number of aliphatic imine (C=N–C) groups is 1. The normalized spacial score (nSPS) is 45.9. The molecule has 5 atom stereocenters. The molecule has 4 nitrogen and oxygen atoms in total. The fraction of sp³-hybridized carbons (Fsp3) is 0.941. The lowest BCUT2D eigenvalue weighted by atomic mass is 9.71. The highest BCUT2D eigenvalue weighted by atomic mass is 15.3. The van der Waals surface area contributed by atoms with Crippen LogP contribution in [0.25, 0.3) is 0 Å². The Labute approximate surface area is 129 Å². The summed E-state index contributed by atoms with van der Waals surface area (Å²) >= 11 is 0. The van der Waals surface area contributed by atoms with Gasteiger partial charge in [-0.3, -0.25) is 15.2 Å². The highest BCUT2D eigenvalue weighted by Gasteiger charge is 2.48. The Bertz CT molecular complexity index is 417. The van der Waals surface area contributed by atoms with Crippen LogP contribution in [0.2, 0.25) is 0 Å². The molecule has 0 amide bonds. The molecule has 0 bridgehead atoms. The van der Waals surface area contributed by atoms with Crippen LogP contribution in [0.15, 0.2) is 4.99 Å². The first kappa shape index (κ1) is 14.0. The van der Waals surface area contributed by atoms with Gasteiger partial charge in [0.1, 0.15) is 0 Å². The van der Waals surface area contributed by atoms with E-state index in [-0.39, 0.29) is 0 Å². The first-order valence-corrected chi connectivity index (χ1v) is 8.98. The molecule has 118 valence electrons. The van der Waals surface area contributed by atoms with Crippen molar-refractivity contribution in [3.8, 4) is 0 Å². The van der Waals surface area contributed by atoms with Gasteiger partial charge in [0.15, 0.2) is 0 Å². The first-order valence-electron chi connectivity index (χ1n) is 8.98. The molecule has 0 spiro atoms. The summed E-state index contributed by atoms with van der Waals surface area (Å²) in [4.78, 5) is 10.3. The molecule has 21 heavy (non-hydrogen) atoms. The van der Waals surface area contributed by atoms with Crippen LogP contribution in [-0.2, 0) is 0 Å². The summed E-state index contributed by atoms with van der Waals surface area (Å²) in [6.07, 6.45) is 9.95. The molecular weight excluding hydrogens is 260 g/mol. The molecule has 4 fully saturated rings. The Morgan fingerprint density at radius 3 is 2.67 bits per heavy atom. The topological polar surface area (TPSA) is 30.9 Å². The quantitative estimate of drug-likeness (QED) is 0.800. The molecule has 4 heteroatoms. The number of hydrogen-bond donors (Lipinski definition) is 1. The van der Waals surface area contributed by atoms with E-state index in [1.165, 1.54) is 63.9 Å². The minimum atomic E-state index is 0.571. The fourth-order valence-corrected chi connectivity index (χ4v) is 5.22. The maximum Gasteiger partial charge on any atom is 0.0990 e. The van der Waals surface area contributed by atoms with Crippen LogP contribution in [0.3, 0.4) is 0 Å². The molecule has 3 aliphatic heterocycles. The molecule has 3 saturated heterocycles. The fourth-order valence-electron chi connectivity index (χ4n) is 5.22. The number of likely N-dealkylation sites (tertiary alicyclic amines) is 2. The van der Waals surface area contributed by atoms with Crippen molar-refractivity contribution >= 4 is 5.84 Å². The highest BCUT2D eigenvalue weighted by Crippen LogP contribution is 2.41. The predicted octanol–water partition coefficient (Wildman–Crippen LogP) is 1.92. The molecule has 5 unspecified atom stereocenters. The molecule has 1 saturated carbocycles. The first-order chi connectivity index (χ1) is 10.2. The predicted molar refractivity (Wildman–Crippen MR) is 86.5 cm³/mol. The van der Waals surface area contributed by atoms with E-state index in [1.54, 1.807) is 0 Å². The number of fused-ring (bicyclic) bond motifs is 2. The van der Waals surface area contributed by atoms with Crippen LogP contribution in [0.4, 0.5) is 0 Å². The zero-order valence-corrected chi connectivity index (χ0v) is 13.6. The molecule has 0 radical (unpaired) electrons. The third-order valence-electron chi connectivity index (χ3n) is 6.41. The van der Waals surface area contributed by atoms with Crippen molar-refractivity contribution < 1.29 is 0 Å². The van der Waals surface area contributed by atoms with E-state index in [9.17, 15) is 0 Å². The Kier molecular flexibility index (Phi) is 3.70. The van der Waals surface area contributed by atoms with E-state index in [4.69, 9.17) is 4.99 Å². The van der Waals surface area contributed by atoms with E-state index in [0.29, 0.717) is 18.2 Å². The van der Waals surface area contributed by atoms with Gasteiger partial charge in [0.05, 0.1) is 18.0 Å². The van der Waals surface area contributed by atoms with Gasteiger partial charge in [-0.1, -0.05) is 12.8 Å². The summed E-state index contributed by atoms with van der Waals surface area (Å²) < 4.78 is 0. The Hall–Kier alpha value is -0.610. The number of rotatable bonds is 1. The Morgan fingerprint density at radius 2 is 1.86 bits per heavy atom.